The average molecular weight is 362 g/mol. The molecule has 0 heterocycles. The first-order valence-electron chi connectivity index (χ1n) is 9.64. The molecule has 0 aromatic rings. The van der Waals surface area contributed by atoms with E-state index in [2.05, 4.69) is 36.7 Å². The minimum absolute atomic E-state index is 0.0403. The lowest BCUT2D eigenvalue weighted by Crippen LogP contribution is -2.31. The number of nitrogens with one attached hydrogen (secondary N) is 3. The van der Waals surface area contributed by atoms with E-state index in [9.17, 15) is 4.79 Å². The van der Waals surface area contributed by atoms with Gasteiger partial charge in [0.25, 0.3) is 0 Å². The van der Waals surface area contributed by atoms with Crippen LogP contribution < -0.4 is 16.0 Å². The molecule has 1 atom stereocenters. The molecule has 1 unspecified atom stereocenters. The first-order chi connectivity index (χ1) is 12.2. The molecule has 0 aliphatic carbocycles. The van der Waals surface area contributed by atoms with Crippen LogP contribution in [0.5, 0.6) is 0 Å². The maximum atomic E-state index is 11.6. The summed E-state index contributed by atoms with van der Waals surface area (Å²) in [5.41, 5.74) is 0. The van der Waals surface area contributed by atoms with E-state index in [1.165, 1.54) is 0 Å². The van der Waals surface area contributed by atoms with E-state index >= 15 is 0 Å². The summed E-state index contributed by atoms with van der Waals surface area (Å²) in [6.45, 7) is 13.2. The van der Waals surface area contributed by atoms with Gasteiger partial charge in [-0.2, -0.15) is 0 Å². The molecule has 0 aromatic carbocycles. The Balaban J connectivity index is 3.17. The fourth-order valence-electron chi connectivity index (χ4n) is 1.93. The molecule has 0 radical (unpaired) electrons. The monoisotopic (exact) mass is 361 g/mol. The highest BCUT2D eigenvalue weighted by molar-refractivity contribution is 5.75. The van der Waals surface area contributed by atoms with Crippen LogP contribution in [0, 0.1) is 0 Å². The molecule has 7 heteroatoms. The van der Waals surface area contributed by atoms with Crippen molar-refractivity contribution < 1.29 is 19.0 Å². The summed E-state index contributed by atoms with van der Waals surface area (Å²) < 4.78 is 16.2. The van der Waals surface area contributed by atoms with E-state index < -0.39 is 0 Å². The van der Waals surface area contributed by atoms with Gasteiger partial charge in [0.05, 0.1) is 39.6 Å². The largest absolute Gasteiger partial charge is 0.379 e. The molecular weight excluding hydrogens is 322 g/mol. The lowest BCUT2D eigenvalue weighted by atomic mass is 10.2. The molecule has 0 aromatic heterocycles. The SMILES string of the molecule is CCNCCOCCOCCOCCC(=O)NCCCNC(C)CC. The summed E-state index contributed by atoms with van der Waals surface area (Å²) in [5, 5.41) is 9.49. The van der Waals surface area contributed by atoms with Crippen molar-refractivity contribution >= 4 is 5.91 Å². The number of hydrogen-bond acceptors (Lipinski definition) is 6. The molecule has 7 nitrogen and oxygen atoms in total. The van der Waals surface area contributed by atoms with Gasteiger partial charge in [-0.05, 0) is 32.9 Å². The molecule has 0 saturated carbocycles. The molecule has 0 bridgehead atoms. The van der Waals surface area contributed by atoms with Crippen LogP contribution in [0.4, 0.5) is 0 Å². The van der Waals surface area contributed by atoms with Crippen LogP contribution >= 0.6 is 0 Å². The maximum Gasteiger partial charge on any atom is 0.222 e. The van der Waals surface area contributed by atoms with Crippen molar-refractivity contribution in [3.63, 3.8) is 0 Å². The van der Waals surface area contributed by atoms with Crippen LogP contribution in [0.1, 0.15) is 40.0 Å². The van der Waals surface area contributed by atoms with Crippen molar-refractivity contribution in [1.29, 1.82) is 0 Å². The Morgan fingerprint density at radius 3 is 2.16 bits per heavy atom. The third kappa shape index (κ3) is 19.4. The van der Waals surface area contributed by atoms with Gasteiger partial charge in [0.15, 0.2) is 0 Å². The van der Waals surface area contributed by atoms with Crippen molar-refractivity contribution in [2.45, 2.75) is 46.1 Å². The fourth-order valence-corrected chi connectivity index (χ4v) is 1.93. The normalized spacial score (nSPS) is 12.3. The van der Waals surface area contributed by atoms with E-state index in [1.807, 2.05) is 0 Å². The number of carbonyl (C=O) groups is 1. The molecule has 0 saturated heterocycles. The highest BCUT2D eigenvalue weighted by atomic mass is 16.5. The summed E-state index contributed by atoms with van der Waals surface area (Å²) in [5.74, 6) is 0.0403. The molecule has 150 valence electrons. The van der Waals surface area contributed by atoms with Crippen LogP contribution in [0.3, 0.4) is 0 Å². The smallest absolute Gasteiger partial charge is 0.222 e. The zero-order chi connectivity index (χ0) is 18.6. The average Bonchev–Trinajstić information content (AvgIpc) is 2.62. The zero-order valence-electron chi connectivity index (χ0n) is 16.4. The summed E-state index contributed by atoms with van der Waals surface area (Å²) in [6, 6.07) is 0.538. The van der Waals surface area contributed by atoms with Gasteiger partial charge in [0.1, 0.15) is 0 Å². The second-order valence-electron chi connectivity index (χ2n) is 5.91. The summed E-state index contributed by atoms with van der Waals surface area (Å²) in [7, 11) is 0. The van der Waals surface area contributed by atoms with E-state index in [1.54, 1.807) is 0 Å². The summed E-state index contributed by atoms with van der Waals surface area (Å²) >= 11 is 0. The van der Waals surface area contributed by atoms with Crippen molar-refractivity contribution in [3.8, 4) is 0 Å². The van der Waals surface area contributed by atoms with Gasteiger partial charge < -0.3 is 30.2 Å². The molecule has 0 spiro atoms. The molecule has 1 amide bonds. The van der Waals surface area contributed by atoms with E-state index in [0.29, 0.717) is 58.6 Å². The summed E-state index contributed by atoms with van der Waals surface area (Å²) in [6.07, 6.45) is 2.46. The van der Waals surface area contributed by atoms with Crippen molar-refractivity contribution in [2.24, 2.45) is 0 Å². The zero-order valence-corrected chi connectivity index (χ0v) is 16.4. The highest BCUT2D eigenvalue weighted by Gasteiger charge is 2.01. The Labute approximate surface area is 153 Å². The molecular formula is C18H39N3O4. The standard InChI is InChI=1S/C18H39N3O4/c1-4-17(3)20-8-6-9-21-18(22)7-11-23-13-15-25-16-14-24-12-10-19-5-2/h17,19-20H,4-16H2,1-3H3,(H,21,22). The molecule has 0 fully saturated rings. The first-order valence-corrected chi connectivity index (χ1v) is 9.64. The van der Waals surface area contributed by atoms with Crippen molar-refractivity contribution in [1.82, 2.24) is 16.0 Å². The summed E-state index contributed by atoms with van der Waals surface area (Å²) in [4.78, 5) is 11.6. The second kappa shape index (κ2) is 19.6. The lowest BCUT2D eigenvalue weighted by molar-refractivity contribution is -0.122. The van der Waals surface area contributed by atoms with Gasteiger partial charge in [-0.25, -0.2) is 0 Å². The topological polar surface area (TPSA) is 80.8 Å². The van der Waals surface area contributed by atoms with Gasteiger partial charge in [0, 0.05) is 25.6 Å². The number of hydrogen-bond donors (Lipinski definition) is 3. The number of ether oxygens (including phenoxy) is 3. The number of rotatable bonds is 19. The fraction of sp³-hybridized carbons (Fsp3) is 0.944. The van der Waals surface area contributed by atoms with E-state index in [4.69, 9.17) is 14.2 Å². The van der Waals surface area contributed by atoms with Crippen LogP contribution in [0.2, 0.25) is 0 Å². The Hall–Kier alpha value is -0.730. The Bertz CT molecular complexity index is 293. The second-order valence-corrected chi connectivity index (χ2v) is 5.91. The maximum absolute atomic E-state index is 11.6. The predicted molar refractivity (Wildman–Crippen MR) is 101 cm³/mol. The van der Waals surface area contributed by atoms with E-state index in [0.717, 1.165) is 32.5 Å². The van der Waals surface area contributed by atoms with E-state index in [-0.39, 0.29) is 5.91 Å². The van der Waals surface area contributed by atoms with Crippen LogP contribution in [-0.4, -0.2) is 77.8 Å². The first kappa shape index (κ1) is 24.3. The minimum atomic E-state index is 0.0403. The third-order valence-electron chi connectivity index (χ3n) is 3.67. The molecule has 0 aliphatic heterocycles. The van der Waals surface area contributed by atoms with Gasteiger partial charge in [-0.3, -0.25) is 4.79 Å². The van der Waals surface area contributed by atoms with Gasteiger partial charge in [-0.15, -0.1) is 0 Å². The highest BCUT2D eigenvalue weighted by Crippen LogP contribution is 1.88. The number of likely N-dealkylation sites (N-methyl/N-ethyl adjacent to an activating group) is 1. The predicted octanol–water partition coefficient (Wildman–Crippen LogP) is 0.930. The van der Waals surface area contributed by atoms with Crippen LogP contribution in [0.15, 0.2) is 0 Å². The minimum Gasteiger partial charge on any atom is -0.379 e. The molecule has 0 aliphatic rings. The van der Waals surface area contributed by atoms with Crippen molar-refractivity contribution in [2.75, 3.05) is 65.8 Å². The van der Waals surface area contributed by atoms with Gasteiger partial charge in [-0.1, -0.05) is 13.8 Å². The Kier molecular flexibility index (Phi) is 19.0. The van der Waals surface area contributed by atoms with Gasteiger partial charge >= 0.3 is 0 Å². The Morgan fingerprint density at radius 2 is 1.52 bits per heavy atom. The molecule has 3 N–H and O–H groups in total. The molecule has 0 rings (SSSR count). The molecule has 25 heavy (non-hydrogen) atoms. The quantitative estimate of drug-likeness (QED) is 0.297. The number of amides is 1. The Morgan fingerprint density at radius 1 is 0.880 bits per heavy atom. The van der Waals surface area contributed by atoms with Gasteiger partial charge in [0.2, 0.25) is 5.91 Å². The van der Waals surface area contributed by atoms with Crippen molar-refractivity contribution in [3.05, 3.63) is 0 Å². The number of carbonyl (C=O) groups excluding carboxylic acids is 1. The lowest BCUT2D eigenvalue weighted by Gasteiger charge is -2.11. The third-order valence-corrected chi connectivity index (χ3v) is 3.67. The van der Waals surface area contributed by atoms with Crippen LogP contribution in [-0.2, 0) is 19.0 Å². The van der Waals surface area contributed by atoms with Crippen LogP contribution in [0.25, 0.3) is 0 Å².